The molecule has 0 radical (unpaired) electrons. The first kappa shape index (κ1) is 23.1. The predicted molar refractivity (Wildman–Crippen MR) is 115 cm³/mol. The van der Waals surface area contributed by atoms with Crippen LogP contribution in [-0.2, 0) is 17.6 Å². The Labute approximate surface area is 184 Å². The summed E-state index contributed by atoms with van der Waals surface area (Å²) in [7, 11) is 1.52. The Balaban J connectivity index is 1.62. The highest BCUT2D eigenvalue weighted by Gasteiger charge is 2.30. The summed E-state index contributed by atoms with van der Waals surface area (Å²) in [6, 6.07) is 13.6. The number of rotatable bonds is 8. The fourth-order valence-electron chi connectivity index (χ4n) is 3.12. The molecule has 0 aliphatic carbocycles. The first-order valence-electron chi connectivity index (χ1n) is 9.93. The van der Waals surface area contributed by atoms with Gasteiger partial charge in [-0.2, -0.15) is 13.2 Å². The van der Waals surface area contributed by atoms with Crippen LogP contribution in [0.1, 0.15) is 36.0 Å². The van der Waals surface area contributed by atoms with Crippen molar-refractivity contribution in [2.75, 3.05) is 12.4 Å². The average Bonchev–Trinajstić information content (AvgIpc) is 2.78. The van der Waals surface area contributed by atoms with Gasteiger partial charge >= 0.3 is 6.18 Å². The summed E-state index contributed by atoms with van der Waals surface area (Å²) in [5.41, 5.74) is 1.35. The topological polar surface area (TPSA) is 60.5 Å². The smallest absolute Gasteiger partial charge is 0.416 e. The standard InChI is InChI=1S/C24H23F3N2O3/c1-16(18-5-7-19(8-6-18)24(25,26)27)12-23(30)29-20-9-10-21(31-2)22(13-20)32-15-17-4-3-11-28-14-17/h3-11,13-14,16H,12,15H2,1-2H3,(H,29,30). The molecule has 1 amide bonds. The number of aromatic nitrogens is 1. The minimum atomic E-state index is -4.38. The maximum absolute atomic E-state index is 12.7. The number of nitrogens with zero attached hydrogens (tertiary/aromatic N) is 1. The van der Waals surface area contributed by atoms with Crippen LogP contribution in [0.25, 0.3) is 0 Å². The second-order valence-electron chi connectivity index (χ2n) is 7.29. The number of amides is 1. The number of anilines is 1. The Morgan fingerprint density at radius 1 is 1.09 bits per heavy atom. The maximum Gasteiger partial charge on any atom is 0.416 e. The summed E-state index contributed by atoms with van der Waals surface area (Å²) in [4.78, 5) is 16.5. The van der Waals surface area contributed by atoms with E-state index in [2.05, 4.69) is 10.3 Å². The molecule has 168 valence electrons. The van der Waals surface area contributed by atoms with Crippen LogP contribution in [0, 0.1) is 0 Å². The molecule has 1 unspecified atom stereocenters. The summed E-state index contributed by atoms with van der Waals surface area (Å²) in [6.45, 7) is 2.07. The Hall–Kier alpha value is -3.55. The lowest BCUT2D eigenvalue weighted by atomic mass is 9.96. The van der Waals surface area contributed by atoms with Gasteiger partial charge in [-0.25, -0.2) is 0 Å². The first-order chi connectivity index (χ1) is 15.3. The molecule has 0 saturated heterocycles. The number of hydrogen-bond donors (Lipinski definition) is 1. The van der Waals surface area contributed by atoms with Crippen LogP contribution in [0.4, 0.5) is 18.9 Å². The minimum absolute atomic E-state index is 0.114. The van der Waals surface area contributed by atoms with Gasteiger partial charge in [-0.05, 0) is 41.8 Å². The molecule has 0 saturated carbocycles. The quantitative estimate of drug-likeness (QED) is 0.476. The van der Waals surface area contributed by atoms with E-state index in [4.69, 9.17) is 9.47 Å². The number of nitrogens with one attached hydrogen (secondary N) is 1. The fourth-order valence-corrected chi connectivity index (χ4v) is 3.12. The number of carbonyl (C=O) groups is 1. The van der Waals surface area contributed by atoms with Gasteiger partial charge in [0.25, 0.3) is 0 Å². The summed E-state index contributed by atoms with van der Waals surface area (Å²) >= 11 is 0. The molecule has 1 aromatic heterocycles. The van der Waals surface area contributed by atoms with E-state index < -0.39 is 11.7 Å². The molecule has 1 heterocycles. The largest absolute Gasteiger partial charge is 0.493 e. The number of halogens is 3. The molecular formula is C24H23F3N2O3. The number of carbonyl (C=O) groups excluding carboxylic acids is 1. The van der Waals surface area contributed by atoms with Crippen LogP contribution in [-0.4, -0.2) is 18.0 Å². The van der Waals surface area contributed by atoms with Crippen molar-refractivity contribution in [2.24, 2.45) is 0 Å². The van der Waals surface area contributed by atoms with E-state index in [1.807, 2.05) is 12.1 Å². The van der Waals surface area contributed by atoms with Crippen LogP contribution in [0.2, 0.25) is 0 Å². The fraction of sp³-hybridized carbons (Fsp3) is 0.250. The van der Waals surface area contributed by atoms with E-state index in [0.29, 0.717) is 22.7 Å². The molecule has 0 bridgehead atoms. The van der Waals surface area contributed by atoms with Gasteiger partial charge in [-0.15, -0.1) is 0 Å². The van der Waals surface area contributed by atoms with Gasteiger partial charge in [0.1, 0.15) is 6.61 Å². The van der Waals surface area contributed by atoms with Crippen molar-refractivity contribution in [1.82, 2.24) is 4.98 Å². The summed E-state index contributed by atoms with van der Waals surface area (Å²) < 4.78 is 49.3. The zero-order chi connectivity index (χ0) is 23.1. The first-order valence-corrected chi connectivity index (χ1v) is 9.93. The Morgan fingerprint density at radius 3 is 2.47 bits per heavy atom. The Morgan fingerprint density at radius 2 is 1.84 bits per heavy atom. The van der Waals surface area contributed by atoms with Crippen molar-refractivity contribution in [1.29, 1.82) is 0 Å². The molecular weight excluding hydrogens is 421 g/mol. The molecule has 8 heteroatoms. The zero-order valence-electron chi connectivity index (χ0n) is 17.6. The van der Waals surface area contributed by atoms with E-state index in [1.54, 1.807) is 37.5 Å². The minimum Gasteiger partial charge on any atom is -0.493 e. The molecule has 1 atom stereocenters. The average molecular weight is 444 g/mol. The van der Waals surface area contributed by atoms with Crippen LogP contribution >= 0.6 is 0 Å². The normalized spacial score (nSPS) is 12.2. The van der Waals surface area contributed by atoms with E-state index in [9.17, 15) is 18.0 Å². The molecule has 3 rings (SSSR count). The maximum atomic E-state index is 12.7. The number of ether oxygens (including phenoxy) is 2. The lowest BCUT2D eigenvalue weighted by Gasteiger charge is -2.15. The molecule has 0 fully saturated rings. The van der Waals surface area contributed by atoms with Gasteiger partial charge in [-0.3, -0.25) is 9.78 Å². The monoisotopic (exact) mass is 444 g/mol. The highest BCUT2D eigenvalue weighted by Crippen LogP contribution is 2.32. The number of pyridine rings is 1. The van der Waals surface area contributed by atoms with Gasteiger partial charge < -0.3 is 14.8 Å². The molecule has 1 N–H and O–H groups in total. The van der Waals surface area contributed by atoms with Crippen molar-refractivity contribution in [3.8, 4) is 11.5 Å². The summed E-state index contributed by atoms with van der Waals surface area (Å²) in [5.74, 6) is 0.465. The van der Waals surface area contributed by atoms with Crippen molar-refractivity contribution in [3.63, 3.8) is 0 Å². The number of benzene rings is 2. The van der Waals surface area contributed by atoms with Crippen molar-refractivity contribution >= 4 is 11.6 Å². The Bertz CT molecular complexity index is 1040. The van der Waals surface area contributed by atoms with Crippen LogP contribution in [0.3, 0.4) is 0 Å². The SMILES string of the molecule is COc1ccc(NC(=O)CC(C)c2ccc(C(F)(F)F)cc2)cc1OCc1cccnc1. The lowest BCUT2D eigenvalue weighted by Crippen LogP contribution is -2.14. The second kappa shape index (κ2) is 10.2. The van der Waals surface area contributed by atoms with Gasteiger partial charge in [-0.1, -0.05) is 25.1 Å². The molecule has 5 nitrogen and oxygen atoms in total. The highest BCUT2D eigenvalue weighted by molar-refractivity contribution is 5.91. The van der Waals surface area contributed by atoms with Gasteiger partial charge in [0, 0.05) is 36.1 Å². The molecule has 32 heavy (non-hydrogen) atoms. The van der Waals surface area contributed by atoms with Crippen LogP contribution in [0.15, 0.2) is 67.0 Å². The van der Waals surface area contributed by atoms with E-state index in [-0.39, 0.29) is 24.9 Å². The van der Waals surface area contributed by atoms with Crippen LogP contribution < -0.4 is 14.8 Å². The van der Waals surface area contributed by atoms with Crippen molar-refractivity contribution in [3.05, 3.63) is 83.7 Å². The molecule has 3 aromatic rings. The molecule has 2 aromatic carbocycles. The van der Waals surface area contributed by atoms with E-state index in [1.165, 1.54) is 19.2 Å². The van der Waals surface area contributed by atoms with Gasteiger partial charge in [0.2, 0.25) is 5.91 Å². The van der Waals surface area contributed by atoms with Crippen LogP contribution in [0.5, 0.6) is 11.5 Å². The molecule has 0 aliphatic heterocycles. The van der Waals surface area contributed by atoms with Crippen molar-refractivity contribution < 1.29 is 27.4 Å². The van der Waals surface area contributed by atoms with E-state index in [0.717, 1.165) is 17.7 Å². The summed E-state index contributed by atoms with van der Waals surface area (Å²) in [6.07, 6.45) is -0.903. The zero-order valence-corrected chi connectivity index (χ0v) is 17.6. The number of methoxy groups -OCH3 is 1. The lowest BCUT2D eigenvalue weighted by molar-refractivity contribution is -0.137. The van der Waals surface area contributed by atoms with Crippen molar-refractivity contribution in [2.45, 2.75) is 32.0 Å². The second-order valence-corrected chi connectivity index (χ2v) is 7.29. The third-order valence-electron chi connectivity index (χ3n) is 4.86. The van der Waals surface area contributed by atoms with Gasteiger partial charge in [0.05, 0.1) is 12.7 Å². The number of alkyl halides is 3. The third-order valence-corrected chi connectivity index (χ3v) is 4.86. The number of hydrogen-bond acceptors (Lipinski definition) is 4. The third kappa shape index (κ3) is 6.23. The van der Waals surface area contributed by atoms with E-state index >= 15 is 0 Å². The molecule has 0 spiro atoms. The van der Waals surface area contributed by atoms with Gasteiger partial charge in [0.15, 0.2) is 11.5 Å². The molecule has 0 aliphatic rings. The summed E-state index contributed by atoms with van der Waals surface area (Å²) in [5, 5.41) is 2.80. The highest BCUT2D eigenvalue weighted by atomic mass is 19.4. The Kier molecular flexibility index (Phi) is 7.35. The predicted octanol–water partition coefficient (Wildman–Crippen LogP) is 5.82.